The largest absolute Gasteiger partial charge is 0.361 e. The van der Waals surface area contributed by atoms with Crippen LogP contribution in [0.4, 0.5) is 0 Å². The molecule has 0 atom stereocenters. The second-order valence-electron chi connectivity index (χ2n) is 5.46. The van der Waals surface area contributed by atoms with E-state index in [1.54, 1.807) is 37.3 Å². The third kappa shape index (κ3) is 4.11. The van der Waals surface area contributed by atoms with Crippen LogP contribution in [0.1, 0.15) is 42.6 Å². The van der Waals surface area contributed by atoms with E-state index in [0.717, 1.165) is 11.4 Å². The fraction of sp³-hybridized carbons (Fsp3) is 0.467. The zero-order chi connectivity index (χ0) is 15.4. The molecule has 0 radical (unpaired) electrons. The summed E-state index contributed by atoms with van der Waals surface area (Å²) in [5.41, 5.74) is 1.56. The van der Waals surface area contributed by atoms with E-state index in [9.17, 15) is 4.79 Å². The first kappa shape index (κ1) is 15.2. The van der Waals surface area contributed by atoms with Gasteiger partial charge in [0.05, 0.1) is 12.1 Å². The van der Waals surface area contributed by atoms with E-state index in [-0.39, 0.29) is 12.3 Å². The van der Waals surface area contributed by atoms with Crippen LogP contribution >= 0.6 is 0 Å². The van der Waals surface area contributed by atoms with E-state index >= 15 is 0 Å². The van der Waals surface area contributed by atoms with Crippen LogP contribution in [0.15, 0.2) is 23.0 Å². The Morgan fingerprint density at radius 1 is 1.33 bits per heavy atom. The molecule has 0 aromatic carbocycles. The lowest BCUT2D eigenvalue weighted by Crippen LogP contribution is -2.28. The minimum Gasteiger partial charge on any atom is -0.361 e. The summed E-state index contributed by atoms with van der Waals surface area (Å²) in [4.78, 5) is 22.3. The van der Waals surface area contributed by atoms with Crippen LogP contribution in [0.5, 0.6) is 0 Å². The number of aromatic nitrogens is 3. The van der Waals surface area contributed by atoms with Gasteiger partial charge in [-0.05, 0) is 6.92 Å². The third-order valence-electron chi connectivity index (χ3n) is 3.10. The molecule has 0 unspecified atom stereocenters. The molecule has 2 aromatic rings. The van der Waals surface area contributed by atoms with Gasteiger partial charge in [0, 0.05) is 43.5 Å². The summed E-state index contributed by atoms with van der Waals surface area (Å²) in [5, 5.41) is 3.83. The fourth-order valence-corrected chi connectivity index (χ4v) is 1.90. The van der Waals surface area contributed by atoms with E-state index in [4.69, 9.17) is 4.52 Å². The van der Waals surface area contributed by atoms with Gasteiger partial charge in [-0.25, -0.2) is 9.97 Å². The summed E-state index contributed by atoms with van der Waals surface area (Å²) in [7, 11) is 1.76. The van der Waals surface area contributed by atoms with Gasteiger partial charge in [0.25, 0.3) is 0 Å². The van der Waals surface area contributed by atoms with Crippen molar-refractivity contribution in [1.29, 1.82) is 0 Å². The van der Waals surface area contributed by atoms with Crippen molar-refractivity contribution in [3.63, 3.8) is 0 Å². The average molecular weight is 288 g/mol. The van der Waals surface area contributed by atoms with Crippen LogP contribution in [-0.2, 0) is 17.8 Å². The molecule has 0 aliphatic rings. The maximum Gasteiger partial charge on any atom is 0.228 e. The Hall–Kier alpha value is -2.24. The van der Waals surface area contributed by atoms with Crippen LogP contribution in [0.3, 0.4) is 0 Å². The van der Waals surface area contributed by atoms with E-state index in [2.05, 4.69) is 15.1 Å². The lowest BCUT2D eigenvalue weighted by molar-refractivity contribution is -0.129. The summed E-state index contributed by atoms with van der Waals surface area (Å²) in [6, 6.07) is 1.77. The minimum absolute atomic E-state index is 0.0174. The molecule has 0 N–H and O–H groups in total. The quantitative estimate of drug-likeness (QED) is 0.842. The molecule has 0 bridgehead atoms. The minimum atomic E-state index is -0.0174. The Morgan fingerprint density at radius 3 is 2.52 bits per heavy atom. The monoisotopic (exact) mass is 288 g/mol. The number of aryl methyl sites for hydroxylation is 1. The molecule has 2 rings (SSSR count). The van der Waals surface area contributed by atoms with Crippen molar-refractivity contribution in [3.05, 3.63) is 41.3 Å². The van der Waals surface area contributed by atoms with E-state index in [1.165, 1.54) is 0 Å². The highest BCUT2D eigenvalue weighted by Gasteiger charge is 2.13. The number of hydrogen-bond acceptors (Lipinski definition) is 5. The number of hydrogen-bond donors (Lipinski definition) is 0. The van der Waals surface area contributed by atoms with Gasteiger partial charge in [0.1, 0.15) is 11.6 Å². The average Bonchev–Trinajstić information content (AvgIpc) is 2.84. The number of carbonyl (C=O) groups is 1. The second kappa shape index (κ2) is 6.47. The summed E-state index contributed by atoms with van der Waals surface area (Å²) in [5.74, 6) is 1.80. The summed E-state index contributed by atoms with van der Waals surface area (Å²) >= 11 is 0. The maximum absolute atomic E-state index is 12.1. The number of rotatable bonds is 5. The summed E-state index contributed by atoms with van der Waals surface area (Å²) < 4.78 is 4.96. The molecule has 0 fully saturated rings. The first-order valence-electron chi connectivity index (χ1n) is 6.92. The SMILES string of the molecule is Cc1cc(CC(=O)N(C)Cc2cnc(C(C)C)nc2)no1. The van der Waals surface area contributed by atoms with Gasteiger partial charge < -0.3 is 9.42 Å². The van der Waals surface area contributed by atoms with Gasteiger partial charge in [0.15, 0.2) is 0 Å². The van der Waals surface area contributed by atoms with Crippen molar-refractivity contribution in [3.8, 4) is 0 Å². The third-order valence-corrected chi connectivity index (χ3v) is 3.10. The molecule has 6 nitrogen and oxygen atoms in total. The maximum atomic E-state index is 12.1. The highest BCUT2D eigenvalue weighted by atomic mass is 16.5. The molecule has 0 aliphatic heterocycles. The highest BCUT2D eigenvalue weighted by Crippen LogP contribution is 2.10. The molecule has 21 heavy (non-hydrogen) atoms. The van der Waals surface area contributed by atoms with Crippen molar-refractivity contribution in [2.45, 2.75) is 39.7 Å². The first-order valence-corrected chi connectivity index (χ1v) is 6.92. The molecule has 2 aromatic heterocycles. The lowest BCUT2D eigenvalue weighted by Gasteiger charge is -2.16. The Kier molecular flexibility index (Phi) is 4.67. The van der Waals surface area contributed by atoms with Crippen molar-refractivity contribution >= 4 is 5.91 Å². The Balaban J connectivity index is 1.93. The summed E-state index contributed by atoms with van der Waals surface area (Å²) in [6.07, 6.45) is 3.78. The molecular formula is C15H20N4O2. The molecule has 0 saturated carbocycles. The molecule has 0 spiro atoms. The van der Waals surface area contributed by atoms with Gasteiger partial charge in [-0.15, -0.1) is 0 Å². The molecule has 0 aliphatic carbocycles. The van der Waals surface area contributed by atoms with Crippen molar-refractivity contribution in [1.82, 2.24) is 20.0 Å². The van der Waals surface area contributed by atoms with Crippen LogP contribution in [0.2, 0.25) is 0 Å². The van der Waals surface area contributed by atoms with Crippen LogP contribution in [0.25, 0.3) is 0 Å². The van der Waals surface area contributed by atoms with Crippen LogP contribution in [0, 0.1) is 6.92 Å². The van der Waals surface area contributed by atoms with Gasteiger partial charge >= 0.3 is 0 Å². The number of likely N-dealkylation sites (N-methyl/N-ethyl adjacent to an activating group) is 1. The number of carbonyl (C=O) groups excluding carboxylic acids is 1. The normalized spacial score (nSPS) is 10.9. The van der Waals surface area contributed by atoms with Crippen molar-refractivity contribution in [2.24, 2.45) is 0 Å². The molecule has 1 amide bonds. The zero-order valence-corrected chi connectivity index (χ0v) is 12.8. The number of nitrogens with zero attached hydrogens (tertiary/aromatic N) is 4. The first-order chi connectivity index (χ1) is 9.95. The van der Waals surface area contributed by atoms with Crippen molar-refractivity contribution in [2.75, 3.05) is 7.05 Å². The van der Waals surface area contributed by atoms with Gasteiger partial charge in [-0.2, -0.15) is 0 Å². The Labute approximate surface area is 124 Å². The van der Waals surface area contributed by atoms with E-state index in [0.29, 0.717) is 23.9 Å². The Morgan fingerprint density at radius 2 is 2.00 bits per heavy atom. The van der Waals surface area contributed by atoms with E-state index < -0.39 is 0 Å². The lowest BCUT2D eigenvalue weighted by atomic mass is 10.2. The second-order valence-corrected chi connectivity index (χ2v) is 5.46. The van der Waals surface area contributed by atoms with E-state index in [1.807, 2.05) is 13.8 Å². The van der Waals surface area contributed by atoms with Gasteiger partial charge in [0.2, 0.25) is 5.91 Å². The predicted octanol–water partition coefficient (Wildman–Crippen LogP) is 2.10. The zero-order valence-electron chi connectivity index (χ0n) is 12.8. The Bertz CT molecular complexity index is 604. The standard InChI is InChI=1S/C15H20N4O2/c1-10(2)15-16-7-12(8-17-15)9-19(4)14(20)6-13-5-11(3)21-18-13/h5,7-8,10H,6,9H2,1-4H3. The molecular weight excluding hydrogens is 268 g/mol. The molecule has 112 valence electrons. The topological polar surface area (TPSA) is 72.1 Å². The van der Waals surface area contributed by atoms with Crippen LogP contribution in [-0.4, -0.2) is 33.0 Å². The van der Waals surface area contributed by atoms with Crippen LogP contribution < -0.4 is 0 Å². The molecule has 6 heteroatoms. The molecule has 2 heterocycles. The fourth-order valence-electron chi connectivity index (χ4n) is 1.90. The predicted molar refractivity (Wildman–Crippen MR) is 77.5 cm³/mol. The van der Waals surface area contributed by atoms with Crippen molar-refractivity contribution < 1.29 is 9.32 Å². The molecule has 0 saturated heterocycles. The number of amides is 1. The van der Waals surface area contributed by atoms with Gasteiger partial charge in [-0.3, -0.25) is 4.79 Å². The summed E-state index contributed by atoms with van der Waals surface area (Å²) in [6.45, 7) is 6.38. The smallest absolute Gasteiger partial charge is 0.228 e. The highest BCUT2D eigenvalue weighted by molar-refractivity contribution is 5.78. The van der Waals surface area contributed by atoms with Gasteiger partial charge in [-0.1, -0.05) is 19.0 Å².